The van der Waals surface area contributed by atoms with Crippen LogP contribution in [0.2, 0.25) is 0 Å². The highest BCUT2D eigenvalue weighted by Crippen LogP contribution is 2.28. The summed E-state index contributed by atoms with van der Waals surface area (Å²) in [6.45, 7) is 0. The number of nitrogens with zero attached hydrogens (tertiary/aromatic N) is 2. The molecule has 0 fully saturated rings. The van der Waals surface area contributed by atoms with Gasteiger partial charge >= 0.3 is 0 Å². The van der Waals surface area contributed by atoms with E-state index in [0.717, 1.165) is 17.3 Å². The van der Waals surface area contributed by atoms with E-state index in [9.17, 15) is 4.79 Å². The zero-order valence-corrected chi connectivity index (χ0v) is 12.5. The Morgan fingerprint density at radius 2 is 2.05 bits per heavy atom. The number of thioether (sulfide) groups is 1. The highest BCUT2D eigenvalue weighted by molar-refractivity contribution is 7.99. The lowest BCUT2D eigenvalue weighted by Crippen LogP contribution is -2.12. The van der Waals surface area contributed by atoms with Crippen molar-refractivity contribution in [3.05, 3.63) is 29.7 Å². The molecule has 2 N–H and O–H groups in total. The predicted octanol–water partition coefficient (Wildman–Crippen LogP) is 1.25. The monoisotopic (exact) mass is 309 g/mol. The van der Waals surface area contributed by atoms with E-state index < -0.39 is 5.91 Å². The van der Waals surface area contributed by atoms with Crippen molar-refractivity contribution in [2.24, 2.45) is 5.73 Å². The van der Waals surface area contributed by atoms with Crippen molar-refractivity contribution in [2.75, 3.05) is 20.0 Å². The Balaban J connectivity index is 2.06. The van der Waals surface area contributed by atoms with Crippen LogP contribution in [0.15, 0.2) is 27.8 Å². The molecule has 0 aliphatic rings. The number of carbonyl (C=O) groups is 1. The van der Waals surface area contributed by atoms with Gasteiger partial charge in [0, 0.05) is 0 Å². The fourth-order valence-corrected chi connectivity index (χ4v) is 2.19. The maximum atomic E-state index is 10.7. The molecule has 0 aliphatic carbocycles. The lowest BCUT2D eigenvalue weighted by Gasteiger charge is -2.08. The van der Waals surface area contributed by atoms with Gasteiger partial charge in [-0.05, 0) is 17.7 Å². The zero-order valence-electron chi connectivity index (χ0n) is 11.7. The second-order valence-electron chi connectivity index (χ2n) is 4.08. The zero-order chi connectivity index (χ0) is 15.2. The summed E-state index contributed by atoms with van der Waals surface area (Å²) in [5.41, 5.74) is 6.00. The molecule has 0 radical (unpaired) electrons. The van der Waals surface area contributed by atoms with Crippen LogP contribution in [0.3, 0.4) is 0 Å². The molecule has 8 heteroatoms. The highest BCUT2D eigenvalue weighted by Gasteiger charge is 2.11. The molecule has 2 rings (SSSR count). The number of amides is 1. The van der Waals surface area contributed by atoms with Gasteiger partial charge < -0.3 is 19.6 Å². The lowest BCUT2D eigenvalue weighted by atomic mass is 10.1. The Hall–Kier alpha value is -2.22. The van der Waals surface area contributed by atoms with Crippen LogP contribution in [0.5, 0.6) is 11.5 Å². The summed E-state index contributed by atoms with van der Waals surface area (Å²) in [5, 5.41) is 8.09. The predicted molar refractivity (Wildman–Crippen MR) is 76.6 cm³/mol. The minimum atomic E-state index is -0.431. The maximum Gasteiger partial charge on any atom is 0.277 e. The lowest BCUT2D eigenvalue weighted by molar-refractivity contribution is -0.115. The van der Waals surface area contributed by atoms with Crippen LogP contribution in [-0.4, -0.2) is 36.1 Å². The Morgan fingerprint density at radius 3 is 2.71 bits per heavy atom. The number of hydrogen-bond donors (Lipinski definition) is 1. The number of hydrogen-bond acceptors (Lipinski definition) is 7. The van der Waals surface area contributed by atoms with E-state index in [0.29, 0.717) is 29.0 Å². The topological polar surface area (TPSA) is 100 Å². The first-order chi connectivity index (χ1) is 10.1. The number of benzene rings is 1. The minimum Gasteiger partial charge on any atom is -0.493 e. The molecule has 1 heterocycles. The van der Waals surface area contributed by atoms with Crippen molar-refractivity contribution < 1.29 is 18.7 Å². The molecule has 1 aromatic carbocycles. The number of primary amides is 1. The first-order valence-corrected chi connectivity index (χ1v) is 7.05. The average molecular weight is 309 g/mol. The van der Waals surface area contributed by atoms with Gasteiger partial charge in [0.15, 0.2) is 11.5 Å². The van der Waals surface area contributed by atoms with Crippen LogP contribution in [-0.2, 0) is 11.2 Å². The number of nitrogens with two attached hydrogens (primary N) is 1. The number of ether oxygens (including phenoxy) is 2. The van der Waals surface area contributed by atoms with Gasteiger partial charge in [-0.25, -0.2) is 0 Å². The largest absolute Gasteiger partial charge is 0.493 e. The van der Waals surface area contributed by atoms with Crippen LogP contribution in [0.4, 0.5) is 0 Å². The van der Waals surface area contributed by atoms with Crippen molar-refractivity contribution in [3.8, 4) is 11.5 Å². The van der Waals surface area contributed by atoms with Crippen molar-refractivity contribution in [2.45, 2.75) is 11.6 Å². The molecule has 21 heavy (non-hydrogen) atoms. The molecule has 0 saturated carbocycles. The van der Waals surface area contributed by atoms with Gasteiger partial charge in [-0.2, -0.15) is 0 Å². The van der Waals surface area contributed by atoms with Crippen molar-refractivity contribution in [1.82, 2.24) is 10.2 Å². The third-order valence-corrected chi connectivity index (χ3v) is 3.43. The number of aromatic nitrogens is 2. The Labute approximate surface area is 125 Å². The van der Waals surface area contributed by atoms with Gasteiger partial charge in [0.25, 0.3) is 5.22 Å². The van der Waals surface area contributed by atoms with Crippen LogP contribution < -0.4 is 15.2 Å². The van der Waals surface area contributed by atoms with Gasteiger partial charge in [0.2, 0.25) is 11.8 Å². The van der Waals surface area contributed by atoms with Gasteiger partial charge in [-0.15, -0.1) is 10.2 Å². The third-order valence-electron chi connectivity index (χ3n) is 2.59. The van der Waals surface area contributed by atoms with E-state index in [1.54, 1.807) is 14.2 Å². The van der Waals surface area contributed by atoms with E-state index in [4.69, 9.17) is 19.6 Å². The summed E-state index contributed by atoms with van der Waals surface area (Å²) in [6, 6.07) is 5.55. The highest BCUT2D eigenvalue weighted by atomic mass is 32.2. The quantitative estimate of drug-likeness (QED) is 0.768. The average Bonchev–Trinajstić information content (AvgIpc) is 2.92. The first-order valence-electron chi connectivity index (χ1n) is 6.06. The summed E-state index contributed by atoms with van der Waals surface area (Å²) in [6.07, 6.45) is 0.463. The van der Waals surface area contributed by atoms with E-state index in [1.807, 2.05) is 18.2 Å². The van der Waals surface area contributed by atoms with Crippen LogP contribution >= 0.6 is 11.8 Å². The molecule has 0 unspecified atom stereocenters. The molecule has 0 atom stereocenters. The summed E-state index contributed by atoms with van der Waals surface area (Å²) < 4.78 is 15.8. The SMILES string of the molecule is COc1ccc(Cc2nnc(SCC(N)=O)o2)cc1OC. The van der Waals surface area contributed by atoms with Crippen LogP contribution in [0.25, 0.3) is 0 Å². The molecular weight excluding hydrogens is 294 g/mol. The third kappa shape index (κ3) is 4.12. The fourth-order valence-electron chi connectivity index (χ4n) is 1.67. The summed E-state index contributed by atoms with van der Waals surface area (Å²) in [5.74, 6) is 1.43. The Bertz CT molecular complexity index is 630. The molecule has 1 amide bonds. The van der Waals surface area contributed by atoms with Gasteiger partial charge in [-0.3, -0.25) is 4.79 Å². The molecule has 0 spiro atoms. The van der Waals surface area contributed by atoms with Crippen molar-refractivity contribution in [3.63, 3.8) is 0 Å². The van der Waals surface area contributed by atoms with Crippen molar-refractivity contribution in [1.29, 1.82) is 0 Å². The molecule has 1 aromatic heterocycles. The standard InChI is InChI=1S/C13H15N3O4S/c1-18-9-4-3-8(5-10(9)19-2)6-12-15-16-13(20-12)21-7-11(14)17/h3-5H,6-7H2,1-2H3,(H2,14,17). The Kier molecular flexibility index (Phi) is 5.04. The van der Waals surface area contributed by atoms with Gasteiger partial charge in [0.05, 0.1) is 26.4 Å². The molecule has 0 aliphatic heterocycles. The molecule has 2 aromatic rings. The van der Waals surface area contributed by atoms with E-state index in [2.05, 4.69) is 10.2 Å². The smallest absolute Gasteiger partial charge is 0.277 e. The molecular formula is C13H15N3O4S. The summed E-state index contributed by atoms with van der Waals surface area (Å²) >= 11 is 1.11. The van der Waals surface area contributed by atoms with E-state index in [1.165, 1.54) is 0 Å². The van der Waals surface area contributed by atoms with Gasteiger partial charge in [-0.1, -0.05) is 17.8 Å². The van der Waals surface area contributed by atoms with Crippen LogP contribution in [0, 0.1) is 0 Å². The van der Waals surface area contributed by atoms with Crippen LogP contribution in [0.1, 0.15) is 11.5 Å². The Morgan fingerprint density at radius 1 is 1.29 bits per heavy atom. The van der Waals surface area contributed by atoms with E-state index in [-0.39, 0.29) is 5.75 Å². The second kappa shape index (κ2) is 6.98. The van der Waals surface area contributed by atoms with E-state index >= 15 is 0 Å². The van der Waals surface area contributed by atoms with Crippen molar-refractivity contribution >= 4 is 17.7 Å². The number of methoxy groups -OCH3 is 2. The normalized spacial score (nSPS) is 10.4. The molecule has 0 saturated heterocycles. The van der Waals surface area contributed by atoms with Gasteiger partial charge in [0.1, 0.15) is 0 Å². The second-order valence-corrected chi connectivity index (χ2v) is 5.01. The number of carbonyl (C=O) groups excluding carboxylic acids is 1. The minimum absolute atomic E-state index is 0.109. The maximum absolute atomic E-state index is 10.7. The molecule has 112 valence electrons. The molecule has 7 nitrogen and oxygen atoms in total. The number of rotatable bonds is 7. The first kappa shape index (κ1) is 15.2. The summed E-state index contributed by atoms with van der Waals surface area (Å²) in [7, 11) is 3.16. The summed E-state index contributed by atoms with van der Waals surface area (Å²) in [4.78, 5) is 10.7. The molecule has 0 bridgehead atoms. The fraction of sp³-hybridized carbons (Fsp3) is 0.308.